The Kier molecular flexibility index (Phi) is 124. The molecule has 0 saturated carbocycles. The molecule has 0 aromatic rings. The summed E-state index contributed by atoms with van der Waals surface area (Å²) in [7, 11) is 0. The molecule has 0 atom stereocenters. The van der Waals surface area contributed by atoms with E-state index in [-0.39, 0.29) is 86.2 Å². The Bertz CT molecular complexity index is 8.00. The summed E-state index contributed by atoms with van der Waals surface area (Å²) in [5.41, 5.74) is 0. The second-order valence-corrected chi connectivity index (χ2v) is 0. The third kappa shape index (κ3) is 8.84. The van der Waals surface area contributed by atoms with Gasteiger partial charge in [0.05, 0.1) is 0 Å². The quantitative estimate of drug-likeness (QED) is 0.442. The van der Waals surface area contributed by atoms with Gasteiger partial charge in [-0.2, -0.15) is 0 Å². The van der Waals surface area contributed by atoms with Crippen LogP contribution in [0.4, 0.5) is 0 Å². The van der Waals surface area contributed by atoms with Crippen molar-refractivity contribution in [1.29, 1.82) is 0 Å². The summed E-state index contributed by atoms with van der Waals surface area (Å²) in [4.78, 5) is 0. The molecule has 0 rings (SSSR count). The van der Waals surface area contributed by atoms with Crippen LogP contribution in [0.15, 0.2) is 0 Å². The zero-order valence-electron chi connectivity index (χ0n) is 2.21. The number of hydrogen-bond acceptors (Lipinski definition) is 0. The van der Waals surface area contributed by atoms with Crippen molar-refractivity contribution in [3.8, 4) is 0 Å². The molecular weight excluding hydrogens is 421 g/mol. The van der Waals surface area contributed by atoms with Gasteiger partial charge in [0.1, 0.15) is 0 Å². The minimum Gasteiger partial charge on any atom is 0 e. The minimum absolute atomic E-state index is 0. The van der Waals surface area contributed by atoms with Gasteiger partial charge in [-0.15, -0.1) is 0 Å². The zero-order valence-corrected chi connectivity index (χ0v) is 14.0. The van der Waals surface area contributed by atoms with Crippen LogP contribution < -0.4 is 0 Å². The van der Waals surface area contributed by atoms with Gasteiger partial charge >= 0.3 is 27.3 Å². The third-order valence-corrected chi connectivity index (χ3v) is 0. The maximum absolute atomic E-state index is 0. The van der Waals surface area contributed by atoms with Crippen molar-refractivity contribution < 1.29 is 58.9 Å². The fourth-order valence-electron chi connectivity index (χ4n) is 0. The molecule has 0 bridgehead atoms. The van der Waals surface area contributed by atoms with Crippen LogP contribution in [0.3, 0.4) is 0 Å². The van der Waals surface area contributed by atoms with Crippen LogP contribution in [-0.2, 0) is 58.9 Å². The van der Waals surface area contributed by atoms with Crippen LogP contribution in [0, 0.1) is 0 Å². The van der Waals surface area contributed by atoms with Crippen LogP contribution >= 0.6 is 0 Å². The molecule has 0 nitrogen and oxygen atoms in total. The Labute approximate surface area is 84.8 Å². The molecule has 0 fully saturated rings. The molecule has 0 amide bonds. The molecule has 0 aliphatic rings. The molecule has 21 valence electrons. The summed E-state index contributed by atoms with van der Waals surface area (Å²) in [5, 5.41) is 0. The summed E-state index contributed by atoms with van der Waals surface area (Å²) in [6.07, 6.45) is 0. The Morgan fingerprint density at radius 1 is 1.00 bits per heavy atom. The van der Waals surface area contributed by atoms with Gasteiger partial charge in [-0.3, -0.25) is 0 Å². The Morgan fingerprint density at radius 2 is 1.00 bits per heavy atom. The summed E-state index contributed by atoms with van der Waals surface area (Å²) in [6, 6.07) is 0. The Hall–Kier alpha value is 2.81. The molecule has 0 aromatic heterocycles. The first kappa shape index (κ1) is 29.1. The molecule has 0 heterocycles. The van der Waals surface area contributed by atoms with E-state index in [4.69, 9.17) is 0 Å². The molecule has 4 heteroatoms. The standard InChI is InChI=1S/Fe.Nb.Pb.Zn.2H. The summed E-state index contributed by atoms with van der Waals surface area (Å²) >= 11 is 0. The molecule has 0 saturated heterocycles. The van der Waals surface area contributed by atoms with E-state index in [1.54, 1.807) is 0 Å². The van der Waals surface area contributed by atoms with Crippen molar-refractivity contribution in [2.45, 2.75) is 0 Å². The monoisotopic (exact) mass is 423 g/mol. The fourth-order valence-corrected chi connectivity index (χ4v) is 0. The minimum atomic E-state index is 0. The summed E-state index contributed by atoms with van der Waals surface area (Å²) in [5.74, 6) is 0. The van der Waals surface area contributed by atoms with E-state index >= 15 is 0 Å². The molecule has 0 aliphatic carbocycles. The predicted octanol–water partition coefficient (Wildman–Crippen LogP) is -0.924. The van der Waals surface area contributed by atoms with Gasteiger partial charge in [0.2, 0.25) is 0 Å². The van der Waals surface area contributed by atoms with Crippen molar-refractivity contribution >= 4 is 27.3 Å². The predicted molar refractivity (Wildman–Crippen MR) is 8.54 cm³/mol. The average Bonchev–Trinajstić information content (AvgIpc) is 0. The van der Waals surface area contributed by atoms with Gasteiger partial charge in [0.15, 0.2) is 0 Å². The molecule has 0 spiro atoms. The first-order valence-corrected chi connectivity index (χ1v) is 0. The molecule has 0 aromatic carbocycles. The summed E-state index contributed by atoms with van der Waals surface area (Å²) in [6.45, 7) is 0. The van der Waals surface area contributed by atoms with Crippen LogP contribution in [0.5, 0.6) is 0 Å². The normalized spacial score (nSPS) is 0. The first-order valence-electron chi connectivity index (χ1n) is 0. The molecule has 0 aliphatic heterocycles. The second-order valence-electron chi connectivity index (χ2n) is 0. The van der Waals surface area contributed by atoms with E-state index in [1.807, 2.05) is 0 Å². The van der Waals surface area contributed by atoms with Crippen molar-refractivity contribution in [1.82, 2.24) is 0 Å². The number of hydrogen-bond donors (Lipinski definition) is 0. The van der Waals surface area contributed by atoms with E-state index in [1.165, 1.54) is 0 Å². The van der Waals surface area contributed by atoms with Crippen LogP contribution in [0.2, 0.25) is 0 Å². The van der Waals surface area contributed by atoms with E-state index < -0.39 is 0 Å². The maximum Gasteiger partial charge on any atom is 0 e. The SMILES string of the molecule is [Fe].[Nb].[PbH2].[Zn]. The van der Waals surface area contributed by atoms with Gasteiger partial charge in [-0.05, 0) is 0 Å². The summed E-state index contributed by atoms with van der Waals surface area (Å²) < 4.78 is 0. The third-order valence-electron chi connectivity index (χ3n) is 0. The van der Waals surface area contributed by atoms with Crippen LogP contribution in [0.25, 0.3) is 0 Å². The van der Waals surface area contributed by atoms with Gasteiger partial charge in [0.25, 0.3) is 0 Å². The van der Waals surface area contributed by atoms with Crippen LogP contribution in [0.1, 0.15) is 0 Å². The van der Waals surface area contributed by atoms with Crippen LogP contribution in [-0.4, -0.2) is 27.3 Å². The molecule has 3 radical (unpaired) electrons. The number of rotatable bonds is 0. The molecule has 0 N–H and O–H groups in total. The topological polar surface area (TPSA) is 0 Å². The van der Waals surface area contributed by atoms with Gasteiger partial charge in [-0.1, -0.05) is 0 Å². The van der Waals surface area contributed by atoms with E-state index in [0.29, 0.717) is 0 Å². The van der Waals surface area contributed by atoms with Crippen molar-refractivity contribution in [2.24, 2.45) is 0 Å². The average molecular weight is 423 g/mol. The first-order chi connectivity index (χ1) is 0. The molecule has 4 heavy (non-hydrogen) atoms. The van der Waals surface area contributed by atoms with Gasteiger partial charge < -0.3 is 0 Å². The molecule has 0 unspecified atom stereocenters. The van der Waals surface area contributed by atoms with Crippen molar-refractivity contribution in [3.63, 3.8) is 0 Å². The fraction of sp³-hybridized carbons (Fsp3) is 0. The van der Waals surface area contributed by atoms with Gasteiger partial charge in [0, 0.05) is 58.9 Å². The Morgan fingerprint density at radius 3 is 1.00 bits per heavy atom. The van der Waals surface area contributed by atoms with E-state index in [9.17, 15) is 0 Å². The van der Waals surface area contributed by atoms with Gasteiger partial charge in [-0.25, -0.2) is 0 Å². The Balaban J connectivity index is 0. The smallest absolute Gasteiger partial charge is 0 e. The zero-order chi connectivity index (χ0) is 0. The maximum atomic E-state index is 0. The van der Waals surface area contributed by atoms with Crippen molar-refractivity contribution in [3.05, 3.63) is 0 Å². The van der Waals surface area contributed by atoms with E-state index in [0.717, 1.165) is 0 Å². The second kappa shape index (κ2) is 17.0. The largest absolute Gasteiger partial charge is 0 e. The van der Waals surface area contributed by atoms with Crippen molar-refractivity contribution in [2.75, 3.05) is 0 Å². The molecular formula is H2FeNbPbZn. The van der Waals surface area contributed by atoms with E-state index in [2.05, 4.69) is 0 Å².